The Balaban J connectivity index is 0.00000113. The Morgan fingerprint density at radius 3 is 2.65 bits per heavy atom. The lowest BCUT2D eigenvalue weighted by Gasteiger charge is -2.44. The average molecular weight is 459 g/mol. The number of rotatable bonds is 2. The van der Waals surface area contributed by atoms with E-state index in [1.165, 1.54) is 30.0 Å². The highest BCUT2D eigenvalue weighted by Crippen LogP contribution is 2.45. The van der Waals surface area contributed by atoms with E-state index in [1.54, 1.807) is 20.8 Å². The Bertz CT molecular complexity index is 783. The van der Waals surface area contributed by atoms with Crippen molar-refractivity contribution in [2.75, 3.05) is 26.1 Å². The van der Waals surface area contributed by atoms with Crippen LogP contribution in [0, 0.1) is 11.7 Å². The molecule has 9 heteroatoms. The van der Waals surface area contributed by atoms with Crippen LogP contribution in [0.2, 0.25) is 0 Å². The number of hydrogen-bond acceptors (Lipinski definition) is 6. The van der Waals surface area contributed by atoms with Gasteiger partial charge < -0.3 is 9.47 Å². The molecule has 2 unspecified atom stereocenters. The molecule has 0 aliphatic carbocycles. The minimum absolute atomic E-state index is 0.0387. The number of benzene rings is 1. The third-order valence-corrected chi connectivity index (χ3v) is 5.57. The van der Waals surface area contributed by atoms with Crippen LogP contribution < -0.4 is 5.32 Å². The summed E-state index contributed by atoms with van der Waals surface area (Å²) in [7, 11) is 0.500. The molecule has 2 heterocycles. The maximum absolute atomic E-state index is 14.7. The Labute approximate surface area is 187 Å². The summed E-state index contributed by atoms with van der Waals surface area (Å²) in [5.41, 5.74) is -0.916. The zero-order valence-electron chi connectivity index (χ0n) is 19.0. The minimum Gasteiger partial charge on any atom is -0.444 e. The maximum Gasteiger partial charge on any atom is 0.413 e. The first-order valence-electron chi connectivity index (χ1n) is 10.2. The van der Waals surface area contributed by atoms with Gasteiger partial charge in [-0.25, -0.2) is 14.2 Å². The number of halogens is 2. The fourth-order valence-corrected chi connectivity index (χ4v) is 4.49. The molecule has 0 saturated carbocycles. The summed E-state index contributed by atoms with van der Waals surface area (Å²) < 4.78 is 35.1. The third-order valence-electron chi connectivity index (χ3n) is 4.53. The number of nitrogens with one attached hydrogen (secondary N) is 1. The van der Waals surface area contributed by atoms with E-state index < -0.39 is 23.1 Å². The summed E-state index contributed by atoms with van der Waals surface area (Å²) in [4.78, 5) is 28.0. The first kappa shape index (κ1) is 27.0. The molecule has 2 aliphatic rings. The molecule has 1 fully saturated rings. The smallest absolute Gasteiger partial charge is 0.413 e. The summed E-state index contributed by atoms with van der Waals surface area (Å²) in [5.74, 6) is 0.253. The lowest BCUT2D eigenvalue weighted by atomic mass is 9.76. The number of alkyl halides is 1. The van der Waals surface area contributed by atoms with Gasteiger partial charge >= 0.3 is 6.09 Å². The normalized spacial score (nSPS) is 22.3. The van der Waals surface area contributed by atoms with E-state index >= 15 is 0 Å². The van der Waals surface area contributed by atoms with E-state index in [0.29, 0.717) is 42.1 Å². The van der Waals surface area contributed by atoms with Gasteiger partial charge in [0, 0.05) is 29.4 Å². The summed E-state index contributed by atoms with van der Waals surface area (Å²) >= 11 is 1.40. The SMILES string of the molecule is CC.CC(C)(C)OC(=O)NC1=NC2(c3cc(C=O)ccc3F)COCCC2CS1.CF. The van der Waals surface area contributed by atoms with Gasteiger partial charge in [0.25, 0.3) is 0 Å². The largest absolute Gasteiger partial charge is 0.444 e. The maximum atomic E-state index is 14.7. The molecule has 0 spiro atoms. The number of carbonyl (C=O) groups is 2. The highest BCUT2D eigenvalue weighted by Gasteiger charge is 2.47. The van der Waals surface area contributed by atoms with Crippen molar-refractivity contribution in [1.82, 2.24) is 5.32 Å². The van der Waals surface area contributed by atoms with Crippen molar-refractivity contribution in [2.24, 2.45) is 10.9 Å². The second-order valence-corrected chi connectivity index (χ2v) is 8.68. The molecule has 31 heavy (non-hydrogen) atoms. The minimum atomic E-state index is -0.975. The second-order valence-electron chi connectivity index (χ2n) is 7.67. The van der Waals surface area contributed by atoms with Gasteiger partial charge in [-0.1, -0.05) is 25.6 Å². The molecular formula is C22H32F2N2O4S. The molecule has 2 aliphatic heterocycles. The number of hydrogen-bond donors (Lipinski definition) is 1. The molecule has 6 nitrogen and oxygen atoms in total. The average Bonchev–Trinajstić information content (AvgIpc) is 2.75. The Morgan fingerprint density at radius 1 is 1.35 bits per heavy atom. The number of nitrogens with zero attached hydrogens (tertiary/aromatic N) is 1. The molecule has 3 rings (SSSR count). The predicted molar refractivity (Wildman–Crippen MR) is 120 cm³/mol. The number of fused-ring (bicyclic) bond motifs is 1. The molecule has 0 radical (unpaired) electrons. The molecule has 1 saturated heterocycles. The van der Waals surface area contributed by atoms with Crippen molar-refractivity contribution in [1.29, 1.82) is 0 Å². The van der Waals surface area contributed by atoms with Crippen LogP contribution in [0.4, 0.5) is 13.6 Å². The summed E-state index contributed by atoms with van der Waals surface area (Å²) in [6.07, 6.45) is 0.793. The molecule has 2 atom stereocenters. The van der Waals surface area contributed by atoms with Gasteiger partial charge in [-0.2, -0.15) is 0 Å². The van der Waals surface area contributed by atoms with Gasteiger partial charge in [-0.3, -0.25) is 14.5 Å². The lowest BCUT2D eigenvalue weighted by molar-refractivity contribution is 0.00276. The molecule has 1 aromatic rings. The number of ether oxygens (including phenoxy) is 2. The zero-order chi connectivity index (χ0) is 23.7. The van der Waals surface area contributed by atoms with Crippen LogP contribution in [0.25, 0.3) is 0 Å². The highest BCUT2D eigenvalue weighted by atomic mass is 32.2. The van der Waals surface area contributed by atoms with E-state index in [0.717, 1.165) is 6.42 Å². The van der Waals surface area contributed by atoms with Crippen LogP contribution >= 0.6 is 11.8 Å². The van der Waals surface area contributed by atoms with Gasteiger partial charge in [0.2, 0.25) is 0 Å². The molecule has 0 aromatic heterocycles. The zero-order valence-corrected chi connectivity index (χ0v) is 19.8. The number of aldehydes is 1. The lowest BCUT2D eigenvalue weighted by Crippen LogP contribution is -2.49. The standard InChI is InChI=1S/C19H23FN2O4S.C2H6.CH3F/c1-18(2,3)26-17(24)21-16-22-19(11-25-7-6-13(19)10-27-16)14-8-12(9-23)4-5-15(14)20;2*1-2/h4-5,8-9,13H,6-7,10-11H2,1-3H3,(H,21,22,24);1-2H3;1H3. The van der Waals surface area contributed by atoms with Crippen molar-refractivity contribution in [3.63, 3.8) is 0 Å². The van der Waals surface area contributed by atoms with Gasteiger partial charge in [-0.15, -0.1) is 0 Å². The number of amidine groups is 1. The summed E-state index contributed by atoms with van der Waals surface area (Å²) in [6, 6.07) is 4.23. The molecule has 1 aromatic carbocycles. The van der Waals surface area contributed by atoms with Gasteiger partial charge in [0.1, 0.15) is 23.2 Å². The van der Waals surface area contributed by atoms with E-state index in [-0.39, 0.29) is 12.5 Å². The van der Waals surface area contributed by atoms with E-state index in [2.05, 4.69) is 5.32 Å². The summed E-state index contributed by atoms with van der Waals surface area (Å²) in [5, 5.41) is 3.02. The van der Waals surface area contributed by atoms with E-state index in [9.17, 15) is 18.4 Å². The fourth-order valence-electron chi connectivity index (χ4n) is 3.31. The first-order valence-corrected chi connectivity index (χ1v) is 11.2. The van der Waals surface area contributed by atoms with E-state index in [4.69, 9.17) is 14.5 Å². The van der Waals surface area contributed by atoms with Crippen LogP contribution in [-0.4, -0.2) is 49.3 Å². The van der Waals surface area contributed by atoms with Gasteiger partial charge in [0.05, 0.1) is 13.8 Å². The van der Waals surface area contributed by atoms with Crippen molar-refractivity contribution >= 4 is 29.3 Å². The van der Waals surface area contributed by atoms with Crippen molar-refractivity contribution < 1.29 is 27.8 Å². The fraction of sp³-hybridized carbons (Fsp3) is 0.591. The highest BCUT2D eigenvalue weighted by molar-refractivity contribution is 8.13. The quantitative estimate of drug-likeness (QED) is 0.623. The van der Waals surface area contributed by atoms with Gasteiger partial charge in [-0.05, 0) is 45.4 Å². The second kappa shape index (κ2) is 12.1. The number of aliphatic imine (C=N–C) groups is 1. The van der Waals surface area contributed by atoms with Crippen LogP contribution in [0.3, 0.4) is 0 Å². The Kier molecular flexibility index (Phi) is 10.6. The number of amides is 1. The van der Waals surface area contributed by atoms with Crippen molar-refractivity contribution in [3.05, 3.63) is 35.1 Å². The van der Waals surface area contributed by atoms with Crippen LogP contribution in [0.15, 0.2) is 23.2 Å². The molecule has 1 N–H and O–H groups in total. The Hall–Kier alpha value is -2.00. The number of carbonyl (C=O) groups excluding carboxylic acids is 2. The molecule has 174 valence electrons. The predicted octanol–water partition coefficient (Wildman–Crippen LogP) is 5.11. The monoisotopic (exact) mass is 458 g/mol. The topological polar surface area (TPSA) is 77.0 Å². The van der Waals surface area contributed by atoms with Crippen LogP contribution in [-0.2, 0) is 15.0 Å². The van der Waals surface area contributed by atoms with E-state index in [1.807, 2.05) is 13.8 Å². The number of thioether (sulfide) groups is 1. The molecular weight excluding hydrogens is 426 g/mol. The van der Waals surface area contributed by atoms with Crippen LogP contribution in [0.1, 0.15) is 57.0 Å². The first-order chi connectivity index (χ1) is 14.7. The Morgan fingerprint density at radius 2 is 2.03 bits per heavy atom. The molecule has 1 amide bonds. The number of alkyl carbamates (subject to hydrolysis) is 1. The van der Waals surface area contributed by atoms with Crippen LogP contribution in [0.5, 0.6) is 0 Å². The van der Waals surface area contributed by atoms with Crippen molar-refractivity contribution in [2.45, 2.75) is 52.2 Å². The molecule has 0 bridgehead atoms. The summed E-state index contributed by atoms with van der Waals surface area (Å²) in [6.45, 7) is 10.1. The van der Waals surface area contributed by atoms with Crippen molar-refractivity contribution in [3.8, 4) is 0 Å². The van der Waals surface area contributed by atoms with Gasteiger partial charge in [0.15, 0.2) is 5.17 Å². The third kappa shape index (κ3) is 7.00.